The molecule has 0 bridgehead atoms. The van der Waals surface area contributed by atoms with Crippen LogP contribution in [-0.2, 0) is 4.79 Å². The summed E-state index contributed by atoms with van der Waals surface area (Å²) in [4.78, 5) is 33.6. The molecule has 3 N–H and O–H groups in total. The SMILES string of the molecule is CCC(NC(=O)NC1CCC(C(=O)O)CC1)c1cccc([N+](=O)[O-])c1. The lowest BCUT2D eigenvalue weighted by Crippen LogP contribution is -2.45. The number of carboxylic acids is 1. The molecule has 1 fully saturated rings. The van der Waals surface area contributed by atoms with Crippen molar-refractivity contribution in [3.8, 4) is 0 Å². The summed E-state index contributed by atoms with van der Waals surface area (Å²) < 4.78 is 0. The molecule has 1 aromatic carbocycles. The molecule has 0 aliphatic heterocycles. The Morgan fingerprint density at radius 1 is 1.32 bits per heavy atom. The molecule has 0 spiro atoms. The van der Waals surface area contributed by atoms with Gasteiger partial charge in [-0.2, -0.15) is 0 Å². The van der Waals surface area contributed by atoms with Crippen LogP contribution in [0.15, 0.2) is 24.3 Å². The molecule has 0 saturated heterocycles. The number of amides is 2. The number of urea groups is 1. The zero-order valence-electron chi connectivity index (χ0n) is 14.1. The average Bonchev–Trinajstić information content (AvgIpc) is 2.60. The number of nitrogens with one attached hydrogen (secondary N) is 2. The van der Waals surface area contributed by atoms with Crippen LogP contribution in [0, 0.1) is 16.0 Å². The Labute approximate surface area is 145 Å². The summed E-state index contributed by atoms with van der Waals surface area (Å²) in [6.07, 6.45) is 2.99. The van der Waals surface area contributed by atoms with Gasteiger partial charge in [-0.15, -0.1) is 0 Å². The zero-order chi connectivity index (χ0) is 18.4. The van der Waals surface area contributed by atoms with Gasteiger partial charge >= 0.3 is 12.0 Å². The smallest absolute Gasteiger partial charge is 0.315 e. The number of rotatable bonds is 6. The van der Waals surface area contributed by atoms with E-state index in [0.29, 0.717) is 37.7 Å². The number of aliphatic carboxylic acids is 1. The lowest BCUT2D eigenvalue weighted by molar-refractivity contribution is -0.384. The van der Waals surface area contributed by atoms with Gasteiger partial charge in [0.1, 0.15) is 0 Å². The van der Waals surface area contributed by atoms with Crippen LogP contribution in [-0.4, -0.2) is 28.1 Å². The van der Waals surface area contributed by atoms with Crippen molar-refractivity contribution in [3.05, 3.63) is 39.9 Å². The molecule has 8 nitrogen and oxygen atoms in total. The molecule has 25 heavy (non-hydrogen) atoms. The van der Waals surface area contributed by atoms with Crippen LogP contribution in [0.4, 0.5) is 10.5 Å². The maximum Gasteiger partial charge on any atom is 0.315 e. The Kier molecular flexibility index (Phi) is 6.32. The molecule has 1 saturated carbocycles. The summed E-state index contributed by atoms with van der Waals surface area (Å²) in [5, 5.41) is 25.6. The summed E-state index contributed by atoms with van der Waals surface area (Å²) in [5.74, 6) is -1.10. The molecule has 1 aromatic rings. The average molecular weight is 349 g/mol. The van der Waals surface area contributed by atoms with E-state index in [1.807, 2.05) is 6.92 Å². The van der Waals surface area contributed by atoms with E-state index < -0.39 is 10.9 Å². The van der Waals surface area contributed by atoms with Gasteiger partial charge in [0.05, 0.1) is 16.9 Å². The Hall–Kier alpha value is -2.64. The molecular weight excluding hydrogens is 326 g/mol. The molecule has 0 radical (unpaired) electrons. The fourth-order valence-corrected chi connectivity index (χ4v) is 3.15. The topological polar surface area (TPSA) is 122 Å². The zero-order valence-corrected chi connectivity index (χ0v) is 14.1. The fourth-order valence-electron chi connectivity index (χ4n) is 3.15. The lowest BCUT2D eigenvalue weighted by atomic mass is 9.86. The Morgan fingerprint density at radius 2 is 2.00 bits per heavy atom. The van der Waals surface area contributed by atoms with Gasteiger partial charge in [-0.25, -0.2) is 4.79 Å². The van der Waals surface area contributed by atoms with Gasteiger partial charge < -0.3 is 15.7 Å². The predicted molar refractivity (Wildman–Crippen MR) is 91.2 cm³/mol. The first-order valence-electron chi connectivity index (χ1n) is 8.45. The van der Waals surface area contributed by atoms with Crippen LogP contribution in [0.2, 0.25) is 0 Å². The molecule has 1 unspecified atom stereocenters. The summed E-state index contributed by atoms with van der Waals surface area (Å²) in [5.41, 5.74) is 0.673. The highest BCUT2D eigenvalue weighted by molar-refractivity contribution is 5.75. The lowest BCUT2D eigenvalue weighted by Gasteiger charge is -2.28. The van der Waals surface area contributed by atoms with Crippen molar-refractivity contribution < 1.29 is 19.6 Å². The molecule has 0 heterocycles. The van der Waals surface area contributed by atoms with E-state index in [2.05, 4.69) is 10.6 Å². The number of hydrogen-bond acceptors (Lipinski definition) is 4. The molecule has 136 valence electrons. The first-order chi connectivity index (χ1) is 11.9. The first kappa shape index (κ1) is 18.7. The molecule has 0 aromatic heterocycles. The standard InChI is InChI=1S/C17H23N3O5/c1-2-15(12-4-3-5-14(10-12)20(24)25)19-17(23)18-13-8-6-11(7-9-13)16(21)22/h3-5,10-11,13,15H,2,6-9H2,1H3,(H,21,22)(H2,18,19,23). The maximum atomic E-state index is 12.2. The third kappa shape index (κ3) is 5.17. The number of benzene rings is 1. The van der Waals surface area contributed by atoms with Crippen molar-refractivity contribution in [1.29, 1.82) is 0 Å². The number of nitro groups is 1. The van der Waals surface area contributed by atoms with Gasteiger partial charge in [0, 0.05) is 18.2 Å². The monoisotopic (exact) mass is 349 g/mol. The second-order valence-electron chi connectivity index (χ2n) is 6.32. The van der Waals surface area contributed by atoms with Gasteiger partial charge in [-0.05, 0) is 37.7 Å². The number of carboxylic acid groups (broad SMARTS) is 1. The minimum absolute atomic E-state index is 0.00912. The van der Waals surface area contributed by atoms with Gasteiger partial charge in [0.25, 0.3) is 5.69 Å². The highest BCUT2D eigenvalue weighted by atomic mass is 16.6. The minimum Gasteiger partial charge on any atom is -0.481 e. The van der Waals surface area contributed by atoms with Crippen molar-refractivity contribution >= 4 is 17.7 Å². The van der Waals surface area contributed by atoms with Crippen LogP contribution in [0.5, 0.6) is 0 Å². The van der Waals surface area contributed by atoms with E-state index in [-0.39, 0.29) is 29.7 Å². The number of carbonyl (C=O) groups excluding carboxylic acids is 1. The van der Waals surface area contributed by atoms with Crippen LogP contribution < -0.4 is 10.6 Å². The van der Waals surface area contributed by atoms with Crippen molar-refractivity contribution in [2.45, 2.75) is 51.1 Å². The summed E-state index contributed by atoms with van der Waals surface area (Å²) in [7, 11) is 0. The first-order valence-corrected chi connectivity index (χ1v) is 8.45. The van der Waals surface area contributed by atoms with Crippen LogP contribution >= 0.6 is 0 Å². The van der Waals surface area contributed by atoms with E-state index in [9.17, 15) is 19.7 Å². The van der Waals surface area contributed by atoms with Crippen LogP contribution in [0.3, 0.4) is 0 Å². The number of nitro benzene ring substituents is 1. The van der Waals surface area contributed by atoms with Gasteiger partial charge in [0.15, 0.2) is 0 Å². The Morgan fingerprint density at radius 3 is 2.56 bits per heavy atom. The molecule has 2 rings (SSSR count). The van der Waals surface area contributed by atoms with Crippen LogP contribution in [0.25, 0.3) is 0 Å². The van der Waals surface area contributed by atoms with E-state index in [0.717, 1.165) is 0 Å². The molecule has 1 aliphatic rings. The third-order valence-electron chi connectivity index (χ3n) is 4.61. The maximum absolute atomic E-state index is 12.2. The number of hydrogen-bond donors (Lipinski definition) is 3. The predicted octanol–water partition coefficient (Wildman–Crippen LogP) is 2.99. The van der Waals surface area contributed by atoms with Crippen molar-refractivity contribution in [2.24, 2.45) is 5.92 Å². The fraction of sp³-hybridized carbons (Fsp3) is 0.529. The van der Waals surface area contributed by atoms with E-state index in [4.69, 9.17) is 5.11 Å². The van der Waals surface area contributed by atoms with Crippen molar-refractivity contribution in [1.82, 2.24) is 10.6 Å². The Balaban J connectivity index is 1.91. The van der Waals surface area contributed by atoms with Gasteiger partial charge in [-0.3, -0.25) is 14.9 Å². The van der Waals surface area contributed by atoms with Crippen LogP contribution in [0.1, 0.15) is 50.6 Å². The molecule has 1 aliphatic carbocycles. The summed E-state index contributed by atoms with van der Waals surface area (Å²) in [6, 6.07) is 5.53. The number of nitrogens with zero attached hydrogens (tertiary/aromatic N) is 1. The van der Waals surface area contributed by atoms with Gasteiger partial charge in [0.2, 0.25) is 0 Å². The van der Waals surface area contributed by atoms with Gasteiger partial charge in [-0.1, -0.05) is 19.1 Å². The van der Waals surface area contributed by atoms with E-state index in [1.165, 1.54) is 12.1 Å². The highest BCUT2D eigenvalue weighted by Crippen LogP contribution is 2.25. The normalized spacial score (nSPS) is 21.2. The number of non-ortho nitro benzene ring substituents is 1. The number of carbonyl (C=O) groups is 2. The van der Waals surface area contributed by atoms with E-state index in [1.54, 1.807) is 12.1 Å². The Bertz CT molecular complexity index is 641. The minimum atomic E-state index is -0.778. The molecule has 2 amide bonds. The molecule has 1 atom stereocenters. The third-order valence-corrected chi connectivity index (χ3v) is 4.61. The largest absolute Gasteiger partial charge is 0.481 e. The molecular formula is C17H23N3O5. The van der Waals surface area contributed by atoms with Crippen molar-refractivity contribution in [3.63, 3.8) is 0 Å². The second kappa shape index (κ2) is 8.46. The second-order valence-corrected chi connectivity index (χ2v) is 6.32. The summed E-state index contributed by atoms with van der Waals surface area (Å²) in [6.45, 7) is 1.89. The quantitative estimate of drug-likeness (QED) is 0.538. The summed E-state index contributed by atoms with van der Waals surface area (Å²) >= 11 is 0. The molecule has 8 heteroatoms. The highest BCUT2D eigenvalue weighted by Gasteiger charge is 2.27. The van der Waals surface area contributed by atoms with E-state index >= 15 is 0 Å². The van der Waals surface area contributed by atoms with Crippen molar-refractivity contribution in [2.75, 3.05) is 0 Å².